The van der Waals surface area contributed by atoms with E-state index in [1.165, 1.54) is 12.1 Å². The number of carbonyl (C=O) groups is 2. The van der Waals surface area contributed by atoms with E-state index in [1.54, 1.807) is 41.8 Å². The number of aromatic hydroxyl groups is 1. The zero-order valence-electron chi connectivity index (χ0n) is 15.8. The second-order valence-electron chi connectivity index (χ2n) is 6.58. The Kier molecular flexibility index (Phi) is 4.87. The molecule has 0 amide bonds. The van der Waals surface area contributed by atoms with Gasteiger partial charge < -0.3 is 14.2 Å². The summed E-state index contributed by atoms with van der Waals surface area (Å²) in [4.78, 5) is 25.5. The minimum absolute atomic E-state index is 0.0302. The van der Waals surface area contributed by atoms with Crippen LogP contribution in [0, 0.1) is 0 Å². The summed E-state index contributed by atoms with van der Waals surface area (Å²) in [6.45, 7) is 2.05. The van der Waals surface area contributed by atoms with Crippen LogP contribution in [0.3, 0.4) is 0 Å². The van der Waals surface area contributed by atoms with Crippen molar-refractivity contribution in [3.05, 3.63) is 95.8 Å². The molecule has 0 saturated heterocycles. The SMILES string of the molecule is CCOC(=O)c1ccn2c(C(=O)c3cccc(O)c3)c(-c3ccccc3)cc2c1. The molecule has 0 spiro atoms. The molecule has 29 heavy (non-hydrogen) atoms. The predicted molar refractivity (Wildman–Crippen MR) is 110 cm³/mol. The molecule has 0 saturated carbocycles. The van der Waals surface area contributed by atoms with E-state index in [-0.39, 0.29) is 11.5 Å². The molecule has 2 aromatic heterocycles. The van der Waals surface area contributed by atoms with Crippen molar-refractivity contribution in [2.24, 2.45) is 0 Å². The third kappa shape index (κ3) is 3.50. The maximum atomic E-state index is 13.4. The number of ketones is 1. The summed E-state index contributed by atoms with van der Waals surface area (Å²) in [5.41, 5.74) is 3.62. The molecule has 0 aliphatic carbocycles. The van der Waals surface area contributed by atoms with Gasteiger partial charge in [0.15, 0.2) is 0 Å². The molecule has 4 rings (SSSR count). The van der Waals surface area contributed by atoms with E-state index in [9.17, 15) is 14.7 Å². The number of carbonyl (C=O) groups excluding carboxylic acids is 2. The molecule has 0 unspecified atom stereocenters. The zero-order chi connectivity index (χ0) is 20.4. The van der Waals surface area contributed by atoms with Crippen molar-refractivity contribution in [3.8, 4) is 16.9 Å². The van der Waals surface area contributed by atoms with Crippen LogP contribution in [0.25, 0.3) is 16.6 Å². The molecule has 0 bridgehead atoms. The van der Waals surface area contributed by atoms with Gasteiger partial charge >= 0.3 is 5.97 Å². The summed E-state index contributed by atoms with van der Waals surface area (Å²) in [5, 5.41) is 9.80. The van der Waals surface area contributed by atoms with Crippen molar-refractivity contribution in [2.75, 3.05) is 6.61 Å². The van der Waals surface area contributed by atoms with Gasteiger partial charge in [-0.05, 0) is 42.8 Å². The Morgan fingerprint density at radius 3 is 2.45 bits per heavy atom. The summed E-state index contributed by atoms with van der Waals surface area (Å²) >= 11 is 0. The smallest absolute Gasteiger partial charge is 0.338 e. The Labute approximate surface area is 167 Å². The molecule has 144 valence electrons. The largest absolute Gasteiger partial charge is 0.508 e. The molecule has 0 radical (unpaired) electrons. The van der Waals surface area contributed by atoms with Crippen LogP contribution in [0.5, 0.6) is 5.75 Å². The third-order valence-corrected chi connectivity index (χ3v) is 4.69. The number of phenols is 1. The summed E-state index contributed by atoms with van der Waals surface area (Å²) in [6.07, 6.45) is 1.70. The molecule has 1 N–H and O–H groups in total. The predicted octanol–water partition coefficient (Wildman–Crippen LogP) is 4.72. The van der Waals surface area contributed by atoms with Gasteiger partial charge in [-0.15, -0.1) is 0 Å². The number of hydrogen-bond acceptors (Lipinski definition) is 4. The lowest BCUT2D eigenvalue weighted by Crippen LogP contribution is -2.08. The number of pyridine rings is 1. The van der Waals surface area contributed by atoms with Crippen molar-refractivity contribution >= 4 is 17.3 Å². The first kappa shape index (κ1) is 18.5. The van der Waals surface area contributed by atoms with Crippen LogP contribution in [0.15, 0.2) is 79.0 Å². The van der Waals surface area contributed by atoms with Gasteiger partial charge in [0, 0.05) is 22.8 Å². The molecule has 0 atom stereocenters. The van der Waals surface area contributed by atoms with Crippen LogP contribution in [0.2, 0.25) is 0 Å². The molecule has 0 aliphatic rings. The van der Waals surface area contributed by atoms with E-state index >= 15 is 0 Å². The number of ether oxygens (including phenoxy) is 1. The fourth-order valence-electron chi connectivity index (χ4n) is 3.37. The van der Waals surface area contributed by atoms with Gasteiger partial charge in [-0.1, -0.05) is 42.5 Å². The van der Waals surface area contributed by atoms with Gasteiger partial charge in [-0.3, -0.25) is 4.79 Å². The van der Waals surface area contributed by atoms with Crippen molar-refractivity contribution in [1.82, 2.24) is 4.40 Å². The van der Waals surface area contributed by atoms with E-state index in [2.05, 4.69) is 0 Å². The number of fused-ring (bicyclic) bond motifs is 1. The van der Waals surface area contributed by atoms with Crippen molar-refractivity contribution in [1.29, 1.82) is 0 Å². The van der Waals surface area contributed by atoms with Crippen molar-refractivity contribution in [3.63, 3.8) is 0 Å². The maximum absolute atomic E-state index is 13.4. The highest BCUT2D eigenvalue weighted by Crippen LogP contribution is 2.30. The topological polar surface area (TPSA) is 68.0 Å². The molecular formula is C24H19NO4. The number of aromatic nitrogens is 1. The molecule has 5 nitrogen and oxygen atoms in total. The zero-order valence-corrected chi connectivity index (χ0v) is 15.8. The normalized spacial score (nSPS) is 10.8. The van der Waals surface area contributed by atoms with E-state index < -0.39 is 5.97 Å². The van der Waals surface area contributed by atoms with Crippen molar-refractivity contribution < 1.29 is 19.4 Å². The molecule has 2 aromatic carbocycles. The van der Waals surface area contributed by atoms with Gasteiger partial charge in [0.2, 0.25) is 5.78 Å². The number of nitrogens with zero attached hydrogens (tertiary/aromatic N) is 1. The van der Waals surface area contributed by atoms with E-state index in [0.29, 0.717) is 28.9 Å². The van der Waals surface area contributed by atoms with E-state index in [1.807, 2.05) is 36.4 Å². The van der Waals surface area contributed by atoms with E-state index in [0.717, 1.165) is 11.1 Å². The Hall–Kier alpha value is -3.86. The van der Waals surface area contributed by atoms with Gasteiger partial charge in [-0.25, -0.2) is 4.79 Å². The fourth-order valence-corrected chi connectivity index (χ4v) is 3.37. The quantitative estimate of drug-likeness (QED) is 0.399. The third-order valence-electron chi connectivity index (χ3n) is 4.69. The Morgan fingerprint density at radius 1 is 0.931 bits per heavy atom. The van der Waals surface area contributed by atoms with Crippen LogP contribution < -0.4 is 0 Å². The summed E-state index contributed by atoms with van der Waals surface area (Å²) < 4.78 is 6.85. The summed E-state index contributed by atoms with van der Waals surface area (Å²) in [5.74, 6) is -0.593. The number of rotatable bonds is 5. The lowest BCUT2D eigenvalue weighted by Gasteiger charge is -2.08. The van der Waals surface area contributed by atoms with Crippen LogP contribution in [0.4, 0.5) is 0 Å². The Morgan fingerprint density at radius 2 is 1.72 bits per heavy atom. The van der Waals surface area contributed by atoms with Crippen LogP contribution in [-0.2, 0) is 4.74 Å². The maximum Gasteiger partial charge on any atom is 0.338 e. The Bertz CT molecular complexity index is 1210. The number of esters is 1. The highest BCUT2D eigenvalue weighted by atomic mass is 16.5. The monoisotopic (exact) mass is 385 g/mol. The van der Waals surface area contributed by atoms with Crippen molar-refractivity contribution in [2.45, 2.75) is 6.92 Å². The molecule has 2 heterocycles. The van der Waals surface area contributed by atoms with Crippen LogP contribution in [0.1, 0.15) is 33.3 Å². The summed E-state index contributed by atoms with van der Waals surface area (Å²) in [7, 11) is 0. The standard InChI is InChI=1S/C24H19NO4/c1-2-29-24(28)18-11-12-25-19(13-18)15-21(16-7-4-3-5-8-16)22(25)23(27)17-9-6-10-20(26)14-17/h3-15,26H,2H2,1H3. The molecule has 5 heteroatoms. The summed E-state index contributed by atoms with van der Waals surface area (Å²) in [6, 6.07) is 21.1. The van der Waals surface area contributed by atoms with Gasteiger partial charge in [0.05, 0.1) is 12.2 Å². The highest BCUT2D eigenvalue weighted by molar-refractivity contribution is 6.13. The van der Waals surface area contributed by atoms with Gasteiger partial charge in [0.25, 0.3) is 0 Å². The number of phenolic OH excluding ortho intramolecular Hbond substituents is 1. The number of benzene rings is 2. The average Bonchev–Trinajstić information content (AvgIpc) is 3.12. The van der Waals surface area contributed by atoms with Gasteiger partial charge in [0.1, 0.15) is 11.4 Å². The average molecular weight is 385 g/mol. The lowest BCUT2D eigenvalue weighted by atomic mass is 10.0. The van der Waals surface area contributed by atoms with Crippen LogP contribution in [-0.4, -0.2) is 27.9 Å². The first-order valence-corrected chi connectivity index (χ1v) is 9.30. The Balaban J connectivity index is 1.93. The van der Waals surface area contributed by atoms with E-state index in [4.69, 9.17) is 4.74 Å². The van der Waals surface area contributed by atoms with Gasteiger partial charge in [-0.2, -0.15) is 0 Å². The second kappa shape index (κ2) is 7.64. The minimum Gasteiger partial charge on any atom is -0.508 e. The molecule has 0 fully saturated rings. The van der Waals surface area contributed by atoms with Crippen LogP contribution >= 0.6 is 0 Å². The lowest BCUT2D eigenvalue weighted by molar-refractivity contribution is 0.0526. The first-order valence-electron chi connectivity index (χ1n) is 9.30. The molecule has 0 aliphatic heterocycles. The second-order valence-corrected chi connectivity index (χ2v) is 6.58. The molecule has 4 aromatic rings. The minimum atomic E-state index is -0.404. The first-order chi connectivity index (χ1) is 14.1. The fraction of sp³-hybridized carbons (Fsp3) is 0.0833. The number of hydrogen-bond donors (Lipinski definition) is 1. The molecular weight excluding hydrogens is 366 g/mol. The highest BCUT2D eigenvalue weighted by Gasteiger charge is 2.21.